The van der Waals surface area contributed by atoms with Crippen molar-refractivity contribution in [2.45, 2.75) is 52.8 Å². The molecular weight excluding hydrogens is 438 g/mol. The molecule has 10 heteroatoms. The molecule has 0 aromatic carbocycles. The molecule has 7 nitrogen and oxygen atoms in total. The Balaban J connectivity index is 0.000000255. The summed E-state index contributed by atoms with van der Waals surface area (Å²) in [5.74, 6) is -0.0299. The van der Waals surface area contributed by atoms with E-state index in [4.69, 9.17) is 16.3 Å². The summed E-state index contributed by atoms with van der Waals surface area (Å²) in [6.45, 7) is 13.1. The van der Waals surface area contributed by atoms with Crippen molar-refractivity contribution >= 4 is 28.3 Å². The molecule has 0 aliphatic carbocycles. The van der Waals surface area contributed by atoms with Gasteiger partial charge in [-0.3, -0.25) is 4.90 Å². The van der Waals surface area contributed by atoms with Crippen LogP contribution in [0.2, 0.25) is 5.15 Å². The van der Waals surface area contributed by atoms with Crippen LogP contribution in [-0.4, -0.2) is 78.4 Å². The van der Waals surface area contributed by atoms with Crippen LogP contribution in [0.15, 0.2) is 6.20 Å². The number of alkyl halides is 1. The number of piperazine rings is 1. The van der Waals surface area contributed by atoms with Crippen molar-refractivity contribution in [3.8, 4) is 6.01 Å². The number of anilines is 1. The average molecular weight is 473 g/mol. The second-order valence-corrected chi connectivity index (χ2v) is 7.74. The number of nitrogens with zero attached hydrogens (tertiary/aromatic N) is 5. The molecular formula is C22H35ClF2N6O. The number of ether oxygens (including phenoxy) is 1. The molecule has 2 unspecified atom stereocenters. The molecule has 1 N–H and O–H groups in total. The van der Waals surface area contributed by atoms with E-state index in [2.05, 4.69) is 43.9 Å². The summed E-state index contributed by atoms with van der Waals surface area (Å²) in [6.07, 6.45) is 2.78. The third-order valence-electron chi connectivity index (χ3n) is 5.55. The van der Waals surface area contributed by atoms with Crippen molar-refractivity contribution in [1.82, 2.24) is 25.2 Å². The maximum absolute atomic E-state index is 14.1. The lowest BCUT2D eigenvalue weighted by Crippen LogP contribution is -2.44. The quantitative estimate of drug-likeness (QED) is 0.672. The molecule has 0 spiro atoms. The van der Waals surface area contributed by atoms with Crippen LogP contribution in [0, 0.1) is 5.82 Å². The van der Waals surface area contributed by atoms with Gasteiger partial charge in [-0.2, -0.15) is 9.97 Å². The number of methoxy groups -OCH3 is 1. The Hall–Kier alpha value is -1.84. The Morgan fingerprint density at radius 2 is 1.91 bits per heavy atom. The highest BCUT2D eigenvalue weighted by Crippen LogP contribution is 2.29. The molecule has 2 aliphatic heterocycles. The van der Waals surface area contributed by atoms with Crippen LogP contribution in [0.3, 0.4) is 0 Å². The fourth-order valence-corrected chi connectivity index (χ4v) is 4.08. The first-order chi connectivity index (χ1) is 15.5. The van der Waals surface area contributed by atoms with Crippen LogP contribution in [0.25, 0.3) is 10.9 Å². The van der Waals surface area contributed by atoms with Crippen molar-refractivity contribution < 1.29 is 13.5 Å². The van der Waals surface area contributed by atoms with E-state index in [0.29, 0.717) is 23.8 Å². The fourth-order valence-electron chi connectivity index (χ4n) is 3.94. The van der Waals surface area contributed by atoms with Gasteiger partial charge in [0.2, 0.25) is 0 Å². The summed E-state index contributed by atoms with van der Waals surface area (Å²) >= 11 is 5.71. The predicted octanol–water partition coefficient (Wildman–Crippen LogP) is 4.09. The van der Waals surface area contributed by atoms with Crippen LogP contribution >= 0.6 is 11.6 Å². The van der Waals surface area contributed by atoms with Crippen LogP contribution < -0.4 is 15.0 Å². The highest BCUT2D eigenvalue weighted by Gasteiger charge is 2.29. The Kier molecular flexibility index (Phi) is 10.7. The number of likely N-dealkylation sites (tertiary alicyclic amines) is 1. The molecule has 2 fully saturated rings. The van der Waals surface area contributed by atoms with Crippen LogP contribution in [0.4, 0.5) is 14.6 Å². The summed E-state index contributed by atoms with van der Waals surface area (Å²) in [5, 5.41) is 3.59. The van der Waals surface area contributed by atoms with Gasteiger partial charge in [-0.1, -0.05) is 39.3 Å². The molecule has 4 rings (SSSR count). The Bertz CT molecular complexity index is 841. The largest absolute Gasteiger partial charge is 0.467 e. The first-order valence-electron chi connectivity index (χ1n) is 11.4. The van der Waals surface area contributed by atoms with E-state index >= 15 is 0 Å². The van der Waals surface area contributed by atoms with Crippen LogP contribution in [0.1, 0.15) is 40.5 Å². The topological polar surface area (TPSA) is 66.4 Å². The summed E-state index contributed by atoms with van der Waals surface area (Å²) in [4.78, 5) is 16.5. The van der Waals surface area contributed by atoms with Gasteiger partial charge in [-0.15, -0.1) is 0 Å². The number of halogens is 3. The lowest BCUT2D eigenvalue weighted by atomic mass is 10.1. The van der Waals surface area contributed by atoms with Gasteiger partial charge in [-0.25, -0.2) is 13.8 Å². The number of hydrogen-bond acceptors (Lipinski definition) is 7. The van der Waals surface area contributed by atoms with E-state index in [-0.39, 0.29) is 16.7 Å². The Morgan fingerprint density at radius 1 is 1.22 bits per heavy atom. The maximum atomic E-state index is 14.1. The van der Waals surface area contributed by atoms with Crippen molar-refractivity contribution in [2.24, 2.45) is 0 Å². The lowest BCUT2D eigenvalue weighted by Gasteiger charge is -2.29. The zero-order valence-electron chi connectivity index (χ0n) is 19.7. The molecule has 2 aromatic heterocycles. The number of rotatable bonds is 4. The molecule has 4 heterocycles. The van der Waals surface area contributed by atoms with Gasteiger partial charge in [-0.05, 0) is 19.4 Å². The second-order valence-electron chi connectivity index (χ2n) is 7.38. The van der Waals surface area contributed by atoms with Crippen LogP contribution in [-0.2, 0) is 0 Å². The smallest absolute Gasteiger partial charge is 0.318 e. The van der Waals surface area contributed by atoms with Gasteiger partial charge in [0.05, 0.1) is 12.5 Å². The Morgan fingerprint density at radius 3 is 2.47 bits per heavy atom. The Labute approximate surface area is 194 Å². The first kappa shape index (κ1) is 26.4. The summed E-state index contributed by atoms with van der Waals surface area (Å²) < 4.78 is 31.9. The maximum Gasteiger partial charge on any atom is 0.318 e. The van der Waals surface area contributed by atoms with Gasteiger partial charge < -0.3 is 15.0 Å². The van der Waals surface area contributed by atoms with E-state index in [1.54, 1.807) is 0 Å². The van der Waals surface area contributed by atoms with E-state index in [1.165, 1.54) is 13.3 Å². The first-order valence-corrected chi connectivity index (χ1v) is 11.8. The van der Waals surface area contributed by atoms with Gasteiger partial charge in [0, 0.05) is 45.0 Å². The third-order valence-corrected chi connectivity index (χ3v) is 5.82. The SMILES string of the molecule is CC.CCC1CC(F)CN1CC.COc1nc(N2CCNCC2)c2cnc(Cl)c(F)c2n1. The molecule has 180 valence electrons. The molecule has 0 radical (unpaired) electrons. The number of fused-ring (bicyclic) bond motifs is 1. The van der Waals surface area contributed by atoms with Crippen molar-refractivity contribution in [3.05, 3.63) is 17.2 Å². The van der Waals surface area contributed by atoms with Gasteiger partial charge in [0.15, 0.2) is 11.0 Å². The van der Waals surface area contributed by atoms with E-state index < -0.39 is 12.0 Å². The molecule has 2 saturated heterocycles. The predicted molar refractivity (Wildman–Crippen MR) is 126 cm³/mol. The minimum absolute atomic E-state index is 0.118. The monoisotopic (exact) mass is 472 g/mol. The fraction of sp³-hybridized carbons (Fsp3) is 0.682. The normalized spacial score (nSPS) is 20.9. The molecule has 0 bridgehead atoms. The van der Waals surface area contributed by atoms with Gasteiger partial charge in [0.25, 0.3) is 0 Å². The summed E-state index contributed by atoms with van der Waals surface area (Å²) in [7, 11) is 1.45. The second kappa shape index (κ2) is 13.0. The standard InChI is InChI=1S/C12H13ClFN5O.C8H16FN.C2H6/c1-20-12-17-9-7(6-16-10(13)8(9)14)11(18-12)19-4-2-15-3-5-19;1-3-8-5-7(9)6-10(8)4-2;1-2/h6,15H,2-5H2,1H3;7-8H,3-6H2,1-2H3;1-2H3. The molecule has 32 heavy (non-hydrogen) atoms. The number of aromatic nitrogens is 3. The lowest BCUT2D eigenvalue weighted by molar-refractivity contribution is 0.251. The highest BCUT2D eigenvalue weighted by molar-refractivity contribution is 6.30. The highest BCUT2D eigenvalue weighted by atomic mass is 35.5. The summed E-state index contributed by atoms with van der Waals surface area (Å²) in [5.41, 5.74) is 0.130. The zero-order chi connectivity index (χ0) is 23.7. The molecule has 0 saturated carbocycles. The number of hydrogen-bond donors (Lipinski definition) is 1. The van der Waals surface area contributed by atoms with E-state index in [1.807, 2.05) is 13.8 Å². The average Bonchev–Trinajstić information content (AvgIpc) is 3.23. The van der Waals surface area contributed by atoms with E-state index in [0.717, 1.165) is 45.6 Å². The molecule has 2 aromatic rings. The minimum atomic E-state index is -0.652. The zero-order valence-corrected chi connectivity index (χ0v) is 20.4. The van der Waals surface area contributed by atoms with Crippen LogP contribution in [0.5, 0.6) is 6.01 Å². The van der Waals surface area contributed by atoms with Crippen molar-refractivity contribution in [2.75, 3.05) is 51.3 Å². The van der Waals surface area contributed by atoms with Gasteiger partial charge >= 0.3 is 6.01 Å². The number of nitrogens with one attached hydrogen (secondary N) is 1. The molecule has 2 atom stereocenters. The van der Waals surface area contributed by atoms with E-state index in [9.17, 15) is 8.78 Å². The third kappa shape index (κ3) is 6.36. The van der Waals surface area contributed by atoms with Gasteiger partial charge in [0.1, 0.15) is 17.5 Å². The molecule has 0 amide bonds. The van der Waals surface area contributed by atoms with Crippen molar-refractivity contribution in [3.63, 3.8) is 0 Å². The molecule has 2 aliphatic rings. The summed E-state index contributed by atoms with van der Waals surface area (Å²) in [6, 6.07) is 0.632. The van der Waals surface area contributed by atoms with Crippen molar-refractivity contribution in [1.29, 1.82) is 0 Å². The number of pyridine rings is 1. The minimum Gasteiger partial charge on any atom is -0.467 e.